The van der Waals surface area contributed by atoms with E-state index in [4.69, 9.17) is 0 Å². The number of hydrogen-bond donors (Lipinski definition) is 1. The molecule has 1 aromatic rings. The molecule has 1 saturated heterocycles. The van der Waals surface area contributed by atoms with Gasteiger partial charge in [-0.05, 0) is 36.6 Å². The fourth-order valence-electron chi connectivity index (χ4n) is 1.83. The summed E-state index contributed by atoms with van der Waals surface area (Å²) in [5, 5.41) is 2.82. The molecule has 1 aliphatic heterocycles. The Hall–Kier alpha value is -1.38. The second kappa shape index (κ2) is 3.40. The molecule has 0 saturated carbocycles. The first-order valence-corrected chi connectivity index (χ1v) is 4.71. The smallest absolute Gasteiger partial charge is 0.220 e. The molecule has 14 heavy (non-hydrogen) atoms. The van der Waals surface area contributed by atoms with E-state index in [1.54, 1.807) is 0 Å². The van der Waals surface area contributed by atoms with Crippen LogP contribution in [0, 0.1) is 12.7 Å². The summed E-state index contributed by atoms with van der Waals surface area (Å²) in [6, 6.07) is 4.89. The number of hydrogen-bond acceptors (Lipinski definition) is 1. The molecule has 0 radical (unpaired) electrons. The van der Waals surface area contributed by atoms with Crippen LogP contribution in [0.2, 0.25) is 0 Å². The first kappa shape index (κ1) is 9.19. The number of nitrogens with one attached hydrogen (secondary N) is 1. The van der Waals surface area contributed by atoms with Gasteiger partial charge in [-0.2, -0.15) is 0 Å². The fourth-order valence-corrected chi connectivity index (χ4v) is 1.83. The third kappa shape index (κ3) is 1.76. The van der Waals surface area contributed by atoms with E-state index in [1.165, 1.54) is 12.1 Å². The van der Waals surface area contributed by atoms with Gasteiger partial charge in [0.15, 0.2) is 0 Å². The molecule has 1 amide bonds. The molecule has 1 atom stereocenters. The normalized spacial score (nSPS) is 21.0. The van der Waals surface area contributed by atoms with Gasteiger partial charge in [-0.25, -0.2) is 4.39 Å². The van der Waals surface area contributed by atoms with Gasteiger partial charge in [0.1, 0.15) is 5.82 Å². The van der Waals surface area contributed by atoms with Gasteiger partial charge in [-0.3, -0.25) is 4.79 Å². The van der Waals surface area contributed by atoms with Crippen molar-refractivity contribution in [2.45, 2.75) is 25.8 Å². The van der Waals surface area contributed by atoms with E-state index in [-0.39, 0.29) is 17.8 Å². The maximum atomic E-state index is 13.1. The van der Waals surface area contributed by atoms with Crippen LogP contribution >= 0.6 is 0 Å². The molecular formula is C11H12FNO. The zero-order chi connectivity index (χ0) is 10.1. The summed E-state index contributed by atoms with van der Waals surface area (Å²) in [6.45, 7) is 1.85. The molecular weight excluding hydrogens is 181 g/mol. The number of carbonyl (C=O) groups is 1. The Morgan fingerprint density at radius 3 is 2.79 bits per heavy atom. The maximum Gasteiger partial charge on any atom is 0.220 e. The van der Waals surface area contributed by atoms with Crippen LogP contribution in [0.5, 0.6) is 0 Å². The predicted molar refractivity (Wildman–Crippen MR) is 51.3 cm³/mol. The highest BCUT2D eigenvalue weighted by molar-refractivity contribution is 5.78. The summed E-state index contributed by atoms with van der Waals surface area (Å²) in [4.78, 5) is 11.0. The molecule has 0 unspecified atom stereocenters. The standard InChI is InChI=1S/C11H12FNO/c1-7-4-8(6-9(12)5-7)10-2-3-11(14)13-10/h4-6,10H,2-3H2,1H3,(H,13,14)/t10-/m0/s1. The van der Waals surface area contributed by atoms with E-state index in [0.29, 0.717) is 6.42 Å². The number of carbonyl (C=O) groups excluding carboxylic acids is 1. The minimum Gasteiger partial charge on any atom is -0.349 e. The molecule has 1 heterocycles. The number of rotatable bonds is 1. The maximum absolute atomic E-state index is 13.1. The van der Waals surface area contributed by atoms with Crippen molar-refractivity contribution in [3.8, 4) is 0 Å². The Balaban J connectivity index is 2.27. The molecule has 3 heteroatoms. The Labute approximate surface area is 82.1 Å². The molecule has 1 fully saturated rings. The van der Waals surface area contributed by atoms with Crippen LogP contribution in [0.15, 0.2) is 18.2 Å². The average molecular weight is 193 g/mol. The lowest BCUT2D eigenvalue weighted by molar-refractivity contribution is -0.119. The lowest BCUT2D eigenvalue weighted by Gasteiger charge is -2.10. The van der Waals surface area contributed by atoms with Gasteiger partial charge in [0.25, 0.3) is 0 Å². The Morgan fingerprint density at radius 1 is 1.43 bits per heavy atom. The molecule has 0 bridgehead atoms. The van der Waals surface area contributed by atoms with E-state index in [0.717, 1.165) is 17.5 Å². The van der Waals surface area contributed by atoms with Crippen molar-refractivity contribution in [1.29, 1.82) is 0 Å². The van der Waals surface area contributed by atoms with Crippen molar-refractivity contribution in [3.63, 3.8) is 0 Å². The van der Waals surface area contributed by atoms with Crippen molar-refractivity contribution in [1.82, 2.24) is 5.32 Å². The Morgan fingerprint density at radius 2 is 2.21 bits per heavy atom. The van der Waals surface area contributed by atoms with Crippen molar-refractivity contribution in [2.24, 2.45) is 0 Å². The van der Waals surface area contributed by atoms with Gasteiger partial charge in [0, 0.05) is 6.42 Å². The average Bonchev–Trinajstić information content (AvgIpc) is 2.50. The summed E-state index contributed by atoms with van der Waals surface area (Å²) < 4.78 is 13.1. The molecule has 1 aromatic carbocycles. The second-order valence-electron chi connectivity index (χ2n) is 3.72. The fraction of sp³-hybridized carbons (Fsp3) is 0.364. The zero-order valence-corrected chi connectivity index (χ0v) is 8.01. The number of halogens is 1. The summed E-state index contributed by atoms with van der Waals surface area (Å²) >= 11 is 0. The van der Waals surface area contributed by atoms with Gasteiger partial charge in [0.05, 0.1) is 6.04 Å². The minimum atomic E-state index is -0.235. The minimum absolute atomic E-state index is 0.00287. The highest BCUT2D eigenvalue weighted by Crippen LogP contribution is 2.24. The van der Waals surface area contributed by atoms with Crippen LogP contribution in [0.3, 0.4) is 0 Å². The van der Waals surface area contributed by atoms with E-state index in [2.05, 4.69) is 5.32 Å². The summed E-state index contributed by atoms with van der Waals surface area (Å²) in [7, 11) is 0. The monoisotopic (exact) mass is 193 g/mol. The molecule has 0 aliphatic carbocycles. The largest absolute Gasteiger partial charge is 0.349 e. The number of amides is 1. The molecule has 0 spiro atoms. The first-order valence-electron chi connectivity index (χ1n) is 4.71. The van der Waals surface area contributed by atoms with E-state index in [1.807, 2.05) is 13.0 Å². The Kier molecular flexibility index (Phi) is 2.23. The molecule has 2 rings (SSSR count). The van der Waals surface area contributed by atoms with Gasteiger partial charge in [-0.1, -0.05) is 6.07 Å². The van der Waals surface area contributed by atoms with Gasteiger partial charge >= 0.3 is 0 Å². The van der Waals surface area contributed by atoms with E-state index < -0.39 is 0 Å². The third-order valence-electron chi connectivity index (χ3n) is 2.46. The highest BCUT2D eigenvalue weighted by Gasteiger charge is 2.22. The van der Waals surface area contributed by atoms with Gasteiger partial charge in [-0.15, -0.1) is 0 Å². The van der Waals surface area contributed by atoms with Crippen LogP contribution in [-0.4, -0.2) is 5.91 Å². The summed E-state index contributed by atoms with van der Waals surface area (Å²) in [5.41, 5.74) is 1.76. The third-order valence-corrected chi connectivity index (χ3v) is 2.46. The molecule has 1 N–H and O–H groups in total. The zero-order valence-electron chi connectivity index (χ0n) is 8.01. The molecule has 1 aliphatic rings. The van der Waals surface area contributed by atoms with Gasteiger partial charge in [0.2, 0.25) is 5.91 Å². The number of aryl methyl sites for hydroxylation is 1. The SMILES string of the molecule is Cc1cc(F)cc([C@@H]2CCC(=O)N2)c1. The highest BCUT2D eigenvalue weighted by atomic mass is 19.1. The summed E-state index contributed by atoms with van der Waals surface area (Å²) in [6.07, 6.45) is 1.31. The lowest BCUT2D eigenvalue weighted by atomic mass is 10.0. The first-order chi connectivity index (χ1) is 6.65. The van der Waals surface area contributed by atoms with E-state index in [9.17, 15) is 9.18 Å². The van der Waals surface area contributed by atoms with Gasteiger partial charge < -0.3 is 5.32 Å². The van der Waals surface area contributed by atoms with Crippen LogP contribution in [-0.2, 0) is 4.79 Å². The summed E-state index contributed by atoms with van der Waals surface area (Å²) in [5.74, 6) is -0.182. The van der Waals surface area contributed by atoms with Crippen LogP contribution in [0.25, 0.3) is 0 Å². The lowest BCUT2D eigenvalue weighted by Crippen LogP contribution is -2.18. The van der Waals surface area contributed by atoms with E-state index >= 15 is 0 Å². The number of benzene rings is 1. The predicted octanol–water partition coefficient (Wildman–Crippen LogP) is 2.09. The molecule has 74 valence electrons. The molecule has 0 aromatic heterocycles. The van der Waals surface area contributed by atoms with Crippen LogP contribution < -0.4 is 5.32 Å². The van der Waals surface area contributed by atoms with Crippen LogP contribution in [0.4, 0.5) is 4.39 Å². The van der Waals surface area contributed by atoms with Crippen LogP contribution in [0.1, 0.15) is 30.0 Å². The Bertz CT molecular complexity index is 355. The molecule has 2 nitrogen and oxygen atoms in total. The second-order valence-corrected chi connectivity index (χ2v) is 3.72. The topological polar surface area (TPSA) is 29.1 Å². The van der Waals surface area contributed by atoms with Crippen molar-refractivity contribution in [2.75, 3.05) is 0 Å². The van der Waals surface area contributed by atoms with Crippen molar-refractivity contribution in [3.05, 3.63) is 35.1 Å². The van der Waals surface area contributed by atoms with Crippen molar-refractivity contribution >= 4 is 5.91 Å². The quantitative estimate of drug-likeness (QED) is 0.727. The van der Waals surface area contributed by atoms with Crippen molar-refractivity contribution < 1.29 is 9.18 Å².